The molecule has 0 unspecified atom stereocenters. The molecular formula is C15H19N3O5S. The first-order valence-corrected chi connectivity index (χ1v) is 8.44. The smallest absolute Gasteiger partial charge is 0.251 e. The van der Waals surface area contributed by atoms with Crippen LogP contribution in [0.1, 0.15) is 16.8 Å². The SMILES string of the molecule is C#CCNC(=O)CCNC(=O)c1ccc(OC)c(S(=O)(=O)NC)c1. The summed E-state index contributed by atoms with van der Waals surface area (Å²) in [7, 11) is -1.19. The van der Waals surface area contributed by atoms with Gasteiger partial charge in [-0.2, -0.15) is 0 Å². The van der Waals surface area contributed by atoms with Crippen molar-refractivity contribution in [3.8, 4) is 18.1 Å². The van der Waals surface area contributed by atoms with Gasteiger partial charge in [-0.3, -0.25) is 9.59 Å². The highest BCUT2D eigenvalue weighted by molar-refractivity contribution is 7.89. The Balaban J connectivity index is 2.80. The maximum Gasteiger partial charge on any atom is 0.251 e. The molecule has 0 aromatic heterocycles. The fourth-order valence-electron chi connectivity index (χ4n) is 1.77. The van der Waals surface area contributed by atoms with Crippen LogP contribution in [0.2, 0.25) is 0 Å². The van der Waals surface area contributed by atoms with Gasteiger partial charge >= 0.3 is 0 Å². The average Bonchev–Trinajstić information content (AvgIpc) is 2.59. The molecule has 0 saturated carbocycles. The van der Waals surface area contributed by atoms with E-state index in [0.717, 1.165) is 0 Å². The Morgan fingerprint density at radius 2 is 2.00 bits per heavy atom. The van der Waals surface area contributed by atoms with Gasteiger partial charge in [0.1, 0.15) is 10.6 Å². The molecule has 0 aliphatic rings. The van der Waals surface area contributed by atoms with Gasteiger partial charge in [-0.15, -0.1) is 6.42 Å². The number of sulfonamides is 1. The van der Waals surface area contributed by atoms with E-state index in [1.165, 1.54) is 32.4 Å². The third kappa shape index (κ3) is 5.26. The number of methoxy groups -OCH3 is 1. The molecule has 0 heterocycles. The quantitative estimate of drug-likeness (QED) is 0.544. The summed E-state index contributed by atoms with van der Waals surface area (Å²) in [6, 6.07) is 4.03. The van der Waals surface area contributed by atoms with Crippen LogP contribution in [0.15, 0.2) is 23.1 Å². The largest absolute Gasteiger partial charge is 0.495 e. The molecule has 0 aliphatic heterocycles. The second-order valence-electron chi connectivity index (χ2n) is 4.56. The van der Waals surface area contributed by atoms with Crippen molar-refractivity contribution in [2.45, 2.75) is 11.3 Å². The van der Waals surface area contributed by atoms with Crippen molar-refractivity contribution in [3.05, 3.63) is 23.8 Å². The number of rotatable bonds is 8. The van der Waals surface area contributed by atoms with Crippen LogP contribution >= 0.6 is 0 Å². The summed E-state index contributed by atoms with van der Waals surface area (Å²) in [5.41, 5.74) is 0.133. The number of hydrogen-bond donors (Lipinski definition) is 3. The van der Waals surface area contributed by atoms with Crippen molar-refractivity contribution in [1.29, 1.82) is 0 Å². The molecule has 3 N–H and O–H groups in total. The first kappa shape index (κ1) is 19.5. The molecule has 1 aromatic rings. The van der Waals surface area contributed by atoms with Crippen molar-refractivity contribution in [3.63, 3.8) is 0 Å². The van der Waals surface area contributed by atoms with Gasteiger partial charge in [-0.25, -0.2) is 13.1 Å². The van der Waals surface area contributed by atoms with Crippen molar-refractivity contribution < 1.29 is 22.7 Å². The molecule has 1 aromatic carbocycles. The van der Waals surface area contributed by atoms with E-state index in [2.05, 4.69) is 21.3 Å². The van der Waals surface area contributed by atoms with E-state index in [1.54, 1.807) is 0 Å². The second-order valence-corrected chi connectivity index (χ2v) is 6.41. The van der Waals surface area contributed by atoms with Gasteiger partial charge < -0.3 is 15.4 Å². The lowest BCUT2D eigenvalue weighted by molar-refractivity contribution is -0.120. The molecule has 0 fully saturated rings. The highest BCUT2D eigenvalue weighted by Crippen LogP contribution is 2.24. The van der Waals surface area contributed by atoms with E-state index in [4.69, 9.17) is 11.2 Å². The van der Waals surface area contributed by atoms with Crippen LogP contribution in [0.3, 0.4) is 0 Å². The molecule has 9 heteroatoms. The van der Waals surface area contributed by atoms with E-state index in [-0.39, 0.29) is 41.6 Å². The van der Waals surface area contributed by atoms with E-state index >= 15 is 0 Å². The number of nitrogens with one attached hydrogen (secondary N) is 3. The number of benzene rings is 1. The highest BCUT2D eigenvalue weighted by Gasteiger charge is 2.20. The molecule has 2 amide bonds. The number of terminal acetylenes is 1. The summed E-state index contributed by atoms with van der Waals surface area (Å²) in [5, 5.41) is 5.00. The molecular weight excluding hydrogens is 334 g/mol. The molecule has 0 radical (unpaired) electrons. The van der Waals surface area contributed by atoms with Gasteiger partial charge in [0.2, 0.25) is 15.9 Å². The summed E-state index contributed by atoms with van der Waals surface area (Å²) in [5.74, 6) is 1.59. The predicted octanol–water partition coefficient (Wildman–Crippen LogP) is -0.527. The average molecular weight is 353 g/mol. The van der Waals surface area contributed by atoms with Gasteiger partial charge in [0, 0.05) is 18.5 Å². The minimum atomic E-state index is -3.78. The van der Waals surface area contributed by atoms with Crippen molar-refractivity contribution in [2.75, 3.05) is 27.2 Å². The zero-order chi connectivity index (χ0) is 18.2. The van der Waals surface area contributed by atoms with Crippen LogP contribution in [-0.4, -0.2) is 47.5 Å². The van der Waals surface area contributed by atoms with E-state index in [9.17, 15) is 18.0 Å². The maximum atomic E-state index is 12.1. The fourth-order valence-corrected chi connectivity index (χ4v) is 2.69. The highest BCUT2D eigenvalue weighted by atomic mass is 32.2. The molecule has 0 atom stereocenters. The van der Waals surface area contributed by atoms with Crippen LogP contribution < -0.4 is 20.1 Å². The van der Waals surface area contributed by atoms with Gasteiger partial charge in [-0.1, -0.05) is 5.92 Å². The third-order valence-electron chi connectivity index (χ3n) is 3.01. The molecule has 130 valence electrons. The molecule has 0 bridgehead atoms. The summed E-state index contributed by atoms with van der Waals surface area (Å²) in [4.78, 5) is 23.3. The van der Waals surface area contributed by atoms with Crippen LogP contribution in [0.4, 0.5) is 0 Å². The predicted molar refractivity (Wildman–Crippen MR) is 88.0 cm³/mol. The Morgan fingerprint density at radius 1 is 1.29 bits per heavy atom. The fraction of sp³-hybridized carbons (Fsp3) is 0.333. The minimum absolute atomic E-state index is 0.0608. The monoisotopic (exact) mass is 353 g/mol. The maximum absolute atomic E-state index is 12.1. The molecule has 0 aliphatic carbocycles. The summed E-state index contributed by atoms with van der Waals surface area (Å²) in [6.07, 6.45) is 5.08. The van der Waals surface area contributed by atoms with E-state index < -0.39 is 15.9 Å². The number of carbonyl (C=O) groups excluding carboxylic acids is 2. The van der Waals surface area contributed by atoms with Crippen LogP contribution in [0.25, 0.3) is 0 Å². The van der Waals surface area contributed by atoms with Crippen LogP contribution in [-0.2, 0) is 14.8 Å². The zero-order valence-electron chi connectivity index (χ0n) is 13.4. The lowest BCUT2D eigenvalue weighted by atomic mass is 10.2. The molecule has 0 spiro atoms. The second kappa shape index (κ2) is 8.90. The van der Waals surface area contributed by atoms with Crippen molar-refractivity contribution in [1.82, 2.24) is 15.4 Å². The van der Waals surface area contributed by atoms with Crippen molar-refractivity contribution in [2.24, 2.45) is 0 Å². The number of amides is 2. The summed E-state index contributed by atoms with van der Waals surface area (Å²) in [6.45, 7) is 0.214. The van der Waals surface area contributed by atoms with Gasteiger partial charge in [0.25, 0.3) is 5.91 Å². The normalized spacial score (nSPS) is 10.5. The Bertz CT molecular complexity index is 753. The number of ether oxygens (including phenoxy) is 1. The molecule has 24 heavy (non-hydrogen) atoms. The lowest BCUT2D eigenvalue weighted by Crippen LogP contribution is -2.31. The summed E-state index contributed by atoms with van der Waals surface area (Å²) >= 11 is 0. The van der Waals surface area contributed by atoms with E-state index in [0.29, 0.717) is 0 Å². The number of carbonyl (C=O) groups is 2. The number of hydrogen-bond acceptors (Lipinski definition) is 5. The topological polar surface area (TPSA) is 114 Å². The molecule has 1 rings (SSSR count). The Morgan fingerprint density at radius 3 is 2.58 bits per heavy atom. The van der Waals surface area contributed by atoms with Gasteiger partial charge in [-0.05, 0) is 25.2 Å². The van der Waals surface area contributed by atoms with Crippen LogP contribution in [0, 0.1) is 12.3 Å². The minimum Gasteiger partial charge on any atom is -0.495 e. The first-order valence-electron chi connectivity index (χ1n) is 6.95. The molecule has 8 nitrogen and oxygen atoms in total. The zero-order valence-corrected chi connectivity index (χ0v) is 14.2. The summed E-state index contributed by atoms with van der Waals surface area (Å²) < 4.78 is 31.1. The standard InChI is InChI=1S/C15H19N3O5S/c1-4-8-17-14(19)7-9-18-15(20)11-5-6-12(23-3)13(10-11)24(21,22)16-2/h1,5-6,10,16H,7-9H2,2-3H3,(H,17,19)(H,18,20). The Labute approximate surface area is 141 Å². The van der Waals surface area contributed by atoms with Gasteiger partial charge in [0.05, 0.1) is 13.7 Å². The van der Waals surface area contributed by atoms with E-state index in [1.807, 2.05) is 0 Å². The lowest BCUT2D eigenvalue weighted by Gasteiger charge is -2.11. The van der Waals surface area contributed by atoms with Gasteiger partial charge in [0.15, 0.2) is 0 Å². The first-order chi connectivity index (χ1) is 11.4. The Hall–Kier alpha value is -2.57. The van der Waals surface area contributed by atoms with Crippen LogP contribution in [0.5, 0.6) is 5.75 Å². The van der Waals surface area contributed by atoms with Crippen molar-refractivity contribution >= 4 is 21.8 Å². The third-order valence-corrected chi connectivity index (χ3v) is 4.44. The molecule has 0 saturated heterocycles. The Kier molecular flexibility index (Phi) is 7.23.